The summed E-state index contributed by atoms with van der Waals surface area (Å²) in [6.45, 7) is 6.08. The molecule has 0 radical (unpaired) electrons. The van der Waals surface area contributed by atoms with E-state index in [0.29, 0.717) is 6.04 Å². The fourth-order valence-corrected chi connectivity index (χ4v) is 2.57. The second kappa shape index (κ2) is 6.93. The molecule has 1 aliphatic rings. The van der Waals surface area contributed by atoms with Gasteiger partial charge in [-0.05, 0) is 42.5 Å². The highest BCUT2D eigenvalue weighted by Crippen LogP contribution is 2.32. The van der Waals surface area contributed by atoms with Crippen LogP contribution in [0.1, 0.15) is 30.0 Å². The molecule has 0 bridgehead atoms. The van der Waals surface area contributed by atoms with Crippen molar-refractivity contribution in [2.45, 2.75) is 25.3 Å². The van der Waals surface area contributed by atoms with Gasteiger partial charge in [-0.25, -0.2) is 0 Å². The maximum absolute atomic E-state index is 6.00. The molecule has 1 aliphatic carbocycles. The van der Waals surface area contributed by atoms with Gasteiger partial charge >= 0.3 is 0 Å². The van der Waals surface area contributed by atoms with Crippen molar-refractivity contribution in [2.24, 2.45) is 0 Å². The Morgan fingerprint density at radius 2 is 2.33 bits per heavy atom. The Kier molecular flexibility index (Phi) is 5.24. The van der Waals surface area contributed by atoms with Crippen LogP contribution in [0.2, 0.25) is 5.02 Å². The fraction of sp³-hybridized carbons (Fsp3) is 0.467. The summed E-state index contributed by atoms with van der Waals surface area (Å²) >= 11 is 6.00. The van der Waals surface area contributed by atoms with Gasteiger partial charge in [0, 0.05) is 17.6 Å². The number of fused-ring (bicyclic) bond motifs is 1. The molecule has 2 rings (SSSR count). The summed E-state index contributed by atoms with van der Waals surface area (Å²) in [6, 6.07) is 6.65. The van der Waals surface area contributed by atoms with E-state index in [1.54, 1.807) is 0 Å². The van der Waals surface area contributed by atoms with Gasteiger partial charge in [-0.2, -0.15) is 0 Å². The number of rotatable bonds is 7. The van der Waals surface area contributed by atoms with E-state index in [2.05, 4.69) is 24.0 Å². The predicted octanol–water partition coefficient (Wildman–Crippen LogP) is 3.51. The molecule has 0 aliphatic heterocycles. The van der Waals surface area contributed by atoms with Crippen LogP contribution in [0.15, 0.2) is 30.9 Å². The van der Waals surface area contributed by atoms with E-state index < -0.39 is 0 Å². The molecule has 0 spiro atoms. The van der Waals surface area contributed by atoms with Crippen LogP contribution in [0.4, 0.5) is 0 Å². The number of halogens is 1. The predicted molar refractivity (Wildman–Crippen MR) is 76.1 cm³/mol. The van der Waals surface area contributed by atoms with Crippen LogP contribution in [0.3, 0.4) is 0 Å². The average molecular weight is 266 g/mol. The Bertz CT molecular complexity index is 405. The highest BCUT2D eigenvalue weighted by molar-refractivity contribution is 6.30. The van der Waals surface area contributed by atoms with Gasteiger partial charge in [0.1, 0.15) is 0 Å². The van der Waals surface area contributed by atoms with Crippen molar-refractivity contribution >= 4 is 11.6 Å². The van der Waals surface area contributed by atoms with Gasteiger partial charge in [-0.3, -0.25) is 0 Å². The summed E-state index contributed by atoms with van der Waals surface area (Å²) in [4.78, 5) is 0. The van der Waals surface area contributed by atoms with Crippen molar-refractivity contribution in [3.8, 4) is 0 Å². The monoisotopic (exact) mass is 265 g/mol. The number of benzene rings is 1. The number of aryl methyl sites for hydroxylation is 1. The number of ether oxygens (including phenoxy) is 1. The lowest BCUT2D eigenvalue weighted by Crippen LogP contribution is -2.23. The fourth-order valence-electron chi connectivity index (χ4n) is 2.37. The van der Waals surface area contributed by atoms with Crippen molar-refractivity contribution < 1.29 is 4.74 Å². The lowest BCUT2D eigenvalue weighted by molar-refractivity contribution is 0.138. The molecule has 1 aromatic rings. The van der Waals surface area contributed by atoms with Crippen molar-refractivity contribution in [2.75, 3.05) is 19.8 Å². The number of nitrogens with one attached hydrogen (secondary N) is 1. The molecule has 3 heteroatoms. The van der Waals surface area contributed by atoms with E-state index in [-0.39, 0.29) is 0 Å². The van der Waals surface area contributed by atoms with Crippen LogP contribution in [0, 0.1) is 0 Å². The molecule has 1 unspecified atom stereocenters. The third-order valence-electron chi connectivity index (χ3n) is 3.29. The van der Waals surface area contributed by atoms with Crippen molar-refractivity contribution in [3.63, 3.8) is 0 Å². The first-order valence-corrected chi connectivity index (χ1v) is 6.89. The van der Waals surface area contributed by atoms with Crippen molar-refractivity contribution in [3.05, 3.63) is 47.0 Å². The van der Waals surface area contributed by atoms with Crippen LogP contribution in [0.5, 0.6) is 0 Å². The average Bonchev–Trinajstić information content (AvgIpc) is 2.76. The highest BCUT2D eigenvalue weighted by Gasteiger charge is 2.21. The molecule has 1 aromatic carbocycles. The zero-order valence-corrected chi connectivity index (χ0v) is 11.4. The SMILES string of the molecule is C=CCCOCCNC1CCc2cc(Cl)ccc21. The molecule has 0 fully saturated rings. The molecule has 0 saturated carbocycles. The second-order valence-corrected chi connectivity index (χ2v) is 5.01. The first-order valence-electron chi connectivity index (χ1n) is 6.51. The van der Waals surface area contributed by atoms with Crippen LogP contribution < -0.4 is 5.32 Å². The van der Waals surface area contributed by atoms with Gasteiger partial charge in [-0.1, -0.05) is 23.7 Å². The Balaban J connectivity index is 1.74. The maximum Gasteiger partial charge on any atom is 0.0591 e. The lowest BCUT2D eigenvalue weighted by atomic mass is 10.1. The van der Waals surface area contributed by atoms with E-state index in [4.69, 9.17) is 16.3 Å². The first-order chi connectivity index (χ1) is 8.81. The van der Waals surface area contributed by atoms with Crippen LogP contribution in [-0.4, -0.2) is 19.8 Å². The molecule has 18 heavy (non-hydrogen) atoms. The number of hydrogen-bond acceptors (Lipinski definition) is 2. The molecular formula is C15H20ClNO. The minimum atomic E-state index is 0.459. The summed E-state index contributed by atoms with van der Waals surface area (Å²) in [5.41, 5.74) is 2.78. The Morgan fingerprint density at radius 3 is 3.17 bits per heavy atom. The molecule has 98 valence electrons. The molecule has 2 nitrogen and oxygen atoms in total. The molecule has 0 amide bonds. The molecular weight excluding hydrogens is 246 g/mol. The Hall–Kier alpha value is -0.830. The summed E-state index contributed by atoms with van der Waals surface area (Å²) in [5.74, 6) is 0. The minimum absolute atomic E-state index is 0.459. The Morgan fingerprint density at radius 1 is 1.44 bits per heavy atom. The zero-order chi connectivity index (χ0) is 12.8. The van der Waals surface area contributed by atoms with Crippen LogP contribution in [-0.2, 0) is 11.2 Å². The standard InChI is InChI=1S/C15H20ClNO/c1-2-3-9-18-10-8-17-15-7-4-12-11-13(16)5-6-14(12)15/h2,5-6,11,15,17H,1,3-4,7-10H2. The molecule has 0 aromatic heterocycles. The molecule has 1 atom stereocenters. The normalized spacial score (nSPS) is 17.7. The smallest absolute Gasteiger partial charge is 0.0591 e. The summed E-state index contributed by atoms with van der Waals surface area (Å²) in [7, 11) is 0. The summed E-state index contributed by atoms with van der Waals surface area (Å²) in [5, 5.41) is 4.38. The lowest BCUT2D eigenvalue weighted by Gasteiger charge is -2.14. The zero-order valence-electron chi connectivity index (χ0n) is 10.6. The van der Waals surface area contributed by atoms with Crippen LogP contribution >= 0.6 is 11.6 Å². The minimum Gasteiger partial charge on any atom is -0.380 e. The van der Waals surface area contributed by atoms with Gasteiger partial charge in [0.15, 0.2) is 0 Å². The third kappa shape index (κ3) is 3.58. The van der Waals surface area contributed by atoms with Gasteiger partial charge in [0.2, 0.25) is 0 Å². The second-order valence-electron chi connectivity index (χ2n) is 4.58. The van der Waals surface area contributed by atoms with Crippen molar-refractivity contribution in [1.29, 1.82) is 0 Å². The van der Waals surface area contributed by atoms with E-state index in [0.717, 1.165) is 44.0 Å². The topological polar surface area (TPSA) is 21.3 Å². The molecule has 0 heterocycles. The van der Waals surface area contributed by atoms with Gasteiger partial charge in [-0.15, -0.1) is 6.58 Å². The molecule has 0 saturated heterocycles. The first kappa shape index (κ1) is 13.6. The van der Waals surface area contributed by atoms with E-state index >= 15 is 0 Å². The third-order valence-corrected chi connectivity index (χ3v) is 3.52. The van der Waals surface area contributed by atoms with E-state index in [9.17, 15) is 0 Å². The summed E-state index contributed by atoms with van der Waals surface area (Å²) < 4.78 is 5.49. The maximum atomic E-state index is 6.00. The van der Waals surface area contributed by atoms with Crippen molar-refractivity contribution in [1.82, 2.24) is 5.32 Å². The van der Waals surface area contributed by atoms with Gasteiger partial charge < -0.3 is 10.1 Å². The highest BCUT2D eigenvalue weighted by atomic mass is 35.5. The quantitative estimate of drug-likeness (QED) is 0.602. The summed E-state index contributed by atoms with van der Waals surface area (Å²) in [6.07, 6.45) is 5.07. The van der Waals surface area contributed by atoms with Crippen LogP contribution in [0.25, 0.3) is 0 Å². The largest absolute Gasteiger partial charge is 0.380 e. The Labute approximate surface area is 114 Å². The molecule has 1 N–H and O–H groups in total. The van der Waals surface area contributed by atoms with Gasteiger partial charge in [0.05, 0.1) is 13.2 Å². The van der Waals surface area contributed by atoms with E-state index in [1.165, 1.54) is 11.1 Å². The number of hydrogen-bond donors (Lipinski definition) is 1. The van der Waals surface area contributed by atoms with E-state index in [1.807, 2.05) is 12.1 Å². The van der Waals surface area contributed by atoms with Gasteiger partial charge in [0.25, 0.3) is 0 Å².